The molecule has 0 bridgehead atoms. The smallest absolute Gasteiger partial charge is 0.0351 e. The Morgan fingerprint density at radius 3 is 2.17 bits per heavy atom. The largest absolute Gasteiger partial charge is 0.300 e. The van der Waals surface area contributed by atoms with Gasteiger partial charge in [-0.25, -0.2) is 0 Å². The van der Waals surface area contributed by atoms with Crippen molar-refractivity contribution in [1.29, 1.82) is 0 Å². The van der Waals surface area contributed by atoms with E-state index >= 15 is 0 Å². The van der Waals surface area contributed by atoms with Crippen LogP contribution in [0.25, 0.3) is 0 Å². The van der Waals surface area contributed by atoms with Crippen LogP contribution in [0.2, 0.25) is 0 Å². The molecule has 0 amide bonds. The van der Waals surface area contributed by atoms with E-state index in [2.05, 4.69) is 23.6 Å². The third-order valence-electron chi connectivity index (χ3n) is 2.54. The molecule has 1 fully saturated rings. The number of halogens is 1. The standard InChI is InChI=1S/C9H19ClN2/c1-9(2)12-7-5-11(4-3-10)6-8-12/h9H,3-8H2,1-2H3. The molecule has 0 N–H and O–H groups in total. The normalized spacial score (nSPS) is 22.0. The van der Waals surface area contributed by atoms with Gasteiger partial charge in [-0.2, -0.15) is 0 Å². The number of piperazine rings is 1. The fourth-order valence-corrected chi connectivity index (χ4v) is 1.86. The summed E-state index contributed by atoms with van der Waals surface area (Å²) in [6, 6.07) is 0.697. The summed E-state index contributed by atoms with van der Waals surface area (Å²) in [6.45, 7) is 10.3. The van der Waals surface area contributed by atoms with Crippen molar-refractivity contribution in [2.24, 2.45) is 0 Å². The number of hydrogen-bond acceptors (Lipinski definition) is 2. The van der Waals surface area contributed by atoms with Gasteiger partial charge < -0.3 is 0 Å². The molecule has 72 valence electrons. The molecule has 0 radical (unpaired) electrons. The van der Waals surface area contributed by atoms with Crippen LogP contribution in [0.3, 0.4) is 0 Å². The minimum Gasteiger partial charge on any atom is -0.300 e. The summed E-state index contributed by atoms with van der Waals surface area (Å²) >= 11 is 5.68. The van der Waals surface area contributed by atoms with E-state index in [0.717, 1.165) is 12.4 Å². The number of rotatable bonds is 3. The molecule has 0 aromatic rings. The molecule has 2 nitrogen and oxygen atoms in total. The lowest BCUT2D eigenvalue weighted by molar-refractivity contribution is 0.113. The van der Waals surface area contributed by atoms with Gasteiger partial charge in [0, 0.05) is 44.6 Å². The van der Waals surface area contributed by atoms with Gasteiger partial charge in [0.1, 0.15) is 0 Å². The van der Waals surface area contributed by atoms with E-state index in [-0.39, 0.29) is 0 Å². The van der Waals surface area contributed by atoms with Crippen LogP contribution >= 0.6 is 11.6 Å². The third kappa shape index (κ3) is 2.92. The lowest BCUT2D eigenvalue weighted by Gasteiger charge is -2.36. The minimum absolute atomic E-state index is 0.697. The second-order valence-electron chi connectivity index (χ2n) is 3.66. The molecule has 0 aromatic heterocycles. The van der Waals surface area contributed by atoms with Crippen molar-refractivity contribution in [2.45, 2.75) is 19.9 Å². The van der Waals surface area contributed by atoms with Crippen LogP contribution in [0.1, 0.15) is 13.8 Å². The van der Waals surface area contributed by atoms with Crippen LogP contribution < -0.4 is 0 Å². The topological polar surface area (TPSA) is 6.48 Å². The van der Waals surface area contributed by atoms with Crippen molar-refractivity contribution in [3.63, 3.8) is 0 Å². The molecule has 1 aliphatic rings. The van der Waals surface area contributed by atoms with Gasteiger partial charge in [0.15, 0.2) is 0 Å². The number of hydrogen-bond donors (Lipinski definition) is 0. The summed E-state index contributed by atoms with van der Waals surface area (Å²) in [6.07, 6.45) is 0. The van der Waals surface area contributed by atoms with Gasteiger partial charge in [-0.1, -0.05) is 0 Å². The summed E-state index contributed by atoms with van der Waals surface area (Å²) in [5.41, 5.74) is 0. The fourth-order valence-electron chi connectivity index (χ4n) is 1.62. The van der Waals surface area contributed by atoms with Crippen LogP contribution in [0, 0.1) is 0 Å². The van der Waals surface area contributed by atoms with Crippen molar-refractivity contribution >= 4 is 11.6 Å². The molecular weight excluding hydrogens is 172 g/mol. The van der Waals surface area contributed by atoms with E-state index in [4.69, 9.17) is 11.6 Å². The molecule has 1 aliphatic heterocycles. The molecule has 1 saturated heterocycles. The zero-order chi connectivity index (χ0) is 8.97. The van der Waals surface area contributed by atoms with Gasteiger partial charge in [0.25, 0.3) is 0 Å². The minimum atomic E-state index is 0.697. The Balaban J connectivity index is 2.20. The van der Waals surface area contributed by atoms with Crippen LogP contribution in [-0.4, -0.2) is 54.4 Å². The first kappa shape index (κ1) is 10.3. The molecule has 0 spiro atoms. The highest BCUT2D eigenvalue weighted by Gasteiger charge is 2.17. The van der Waals surface area contributed by atoms with E-state index in [1.807, 2.05) is 0 Å². The van der Waals surface area contributed by atoms with Crippen molar-refractivity contribution in [2.75, 3.05) is 38.6 Å². The first-order valence-corrected chi connectivity index (χ1v) is 5.30. The molecule has 3 heteroatoms. The Morgan fingerprint density at radius 1 is 1.17 bits per heavy atom. The molecule has 0 unspecified atom stereocenters. The Bertz CT molecular complexity index is 120. The maximum absolute atomic E-state index is 5.68. The highest BCUT2D eigenvalue weighted by Crippen LogP contribution is 2.05. The summed E-state index contributed by atoms with van der Waals surface area (Å²) in [7, 11) is 0. The quantitative estimate of drug-likeness (QED) is 0.619. The van der Waals surface area contributed by atoms with Crippen molar-refractivity contribution in [3.8, 4) is 0 Å². The second kappa shape index (κ2) is 5.05. The molecule has 0 aliphatic carbocycles. The number of nitrogens with zero attached hydrogens (tertiary/aromatic N) is 2. The molecule has 0 atom stereocenters. The molecular formula is C9H19ClN2. The van der Waals surface area contributed by atoms with Gasteiger partial charge in [-0.05, 0) is 13.8 Å². The summed E-state index contributed by atoms with van der Waals surface area (Å²) < 4.78 is 0. The Morgan fingerprint density at radius 2 is 1.75 bits per heavy atom. The van der Waals surface area contributed by atoms with Crippen molar-refractivity contribution in [3.05, 3.63) is 0 Å². The molecule has 1 heterocycles. The molecule has 1 rings (SSSR count). The molecule has 0 aromatic carbocycles. The van der Waals surface area contributed by atoms with Crippen LogP contribution in [-0.2, 0) is 0 Å². The van der Waals surface area contributed by atoms with E-state index in [9.17, 15) is 0 Å². The van der Waals surface area contributed by atoms with Crippen LogP contribution in [0.15, 0.2) is 0 Å². The van der Waals surface area contributed by atoms with Gasteiger partial charge >= 0.3 is 0 Å². The first-order valence-electron chi connectivity index (χ1n) is 4.76. The monoisotopic (exact) mass is 190 g/mol. The van der Waals surface area contributed by atoms with Gasteiger partial charge in [-0.3, -0.25) is 9.80 Å². The summed E-state index contributed by atoms with van der Waals surface area (Å²) in [5, 5.41) is 0. The van der Waals surface area contributed by atoms with E-state index < -0.39 is 0 Å². The summed E-state index contributed by atoms with van der Waals surface area (Å²) in [5.74, 6) is 0.766. The Labute approximate surface area is 80.5 Å². The van der Waals surface area contributed by atoms with Gasteiger partial charge in [0.05, 0.1) is 0 Å². The fraction of sp³-hybridized carbons (Fsp3) is 1.00. The Kier molecular flexibility index (Phi) is 4.33. The maximum atomic E-state index is 5.68. The van der Waals surface area contributed by atoms with Crippen molar-refractivity contribution < 1.29 is 0 Å². The van der Waals surface area contributed by atoms with E-state index in [0.29, 0.717) is 6.04 Å². The zero-order valence-electron chi connectivity index (χ0n) is 8.09. The van der Waals surface area contributed by atoms with Gasteiger partial charge in [-0.15, -0.1) is 11.6 Å². The second-order valence-corrected chi connectivity index (χ2v) is 4.04. The Hall–Kier alpha value is 0.210. The van der Waals surface area contributed by atoms with E-state index in [1.54, 1.807) is 0 Å². The highest BCUT2D eigenvalue weighted by atomic mass is 35.5. The average molecular weight is 191 g/mol. The van der Waals surface area contributed by atoms with Gasteiger partial charge in [0.2, 0.25) is 0 Å². The predicted molar refractivity (Wildman–Crippen MR) is 53.9 cm³/mol. The maximum Gasteiger partial charge on any atom is 0.0351 e. The van der Waals surface area contributed by atoms with Crippen molar-refractivity contribution in [1.82, 2.24) is 9.80 Å². The predicted octanol–water partition coefficient (Wildman–Crippen LogP) is 1.25. The molecule has 12 heavy (non-hydrogen) atoms. The highest BCUT2D eigenvalue weighted by molar-refractivity contribution is 6.18. The van der Waals surface area contributed by atoms with E-state index in [1.165, 1.54) is 26.2 Å². The lowest BCUT2D eigenvalue weighted by Crippen LogP contribution is -2.49. The summed E-state index contributed by atoms with van der Waals surface area (Å²) in [4.78, 5) is 4.95. The average Bonchev–Trinajstić information content (AvgIpc) is 2.06. The first-order chi connectivity index (χ1) is 5.74. The van der Waals surface area contributed by atoms with Crippen LogP contribution in [0.4, 0.5) is 0 Å². The zero-order valence-corrected chi connectivity index (χ0v) is 8.85. The SMILES string of the molecule is CC(C)N1CCN(CCCl)CC1. The number of alkyl halides is 1. The third-order valence-corrected chi connectivity index (χ3v) is 2.71. The molecule has 0 saturated carbocycles. The van der Waals surface area contributed by atoms with Crippen LogP contribution in [0.5, 0.6) is 0 Å². The lowest BCUT2D eigenvalue weighted by atomic mass is 10.2.